The van der Waals surface area contributed by atoms with Gasteiger partial charge in [-0.3, -0.25) is 0 Å². The van der Waals surface area contributed by atoms with Crippen LogP contribution in [0.4, 0.5) is 0 Å². The Balaban J connectivity index is 1.97. The van der Waals surface area contributed by atoms with Crippen molar-refractivity contribution in [2.24, 2.45) is 5.92 Å². The van der Waals surface area contributed by atoms with Crippen LogP contribution in [-0.2, 0) is 10.2 Å². The quantitative estimate of drug-likeness (QED) is 0.827. The molecule has 0 aromatic heterocycles. The molecule has 0 amide bonds. The monoisotopic (exact) mass is 290 g/mol. The van der Waals surface area contributed by atoms with Crippen molar-refractivity contribution >= 4 is 10.2 Å². The highest BCUT2D eigenvalue weighted by molar-refractivity contribution is 7.86. The first-order valence-corrected chi connectivity index (χ1v) is 8.79. The van der Waals surface area contributed by atoms with Gasteiger partial charge in [-0.15, -0.1) is 0 Å². The summed E-state index contributed by atoms with van der Waals surface area (Å²) in [6, 6.07) is 0.177. The van der Waals surface area contributed by atoms with E-state index < -0.39 is 10.2 Å². The fourth-order valence-corrected chi connectivity index (χ4v) is 4.93. The van der Waals surface area contributed by atoms with Crippen LogP contribution in [0.2, 0.25) is 0 Å². The van der Waals surface area contributed by atoms with Crippen LogP contribution in [-0.4, -0.2) is 54.9 Å². The van der Waals surface area contributed by atoms with Crippen molar-refractivity contribution in [1.29, 1.82) is 0 Å². The number of rotatable bonds is 5. The Labute approximate surface area is 116 Å². The molecular weight excluding hydrogens is 264 g/mol. The van der Waals surface area contributed by atoms with E-state index in [1.165, 1.54) is 6.42 Å². The molecule has 0 bridgehead atoms. The Morgan fingerprint density at radius 3 is 2.53 bits per heavy atom. The van der Waals surface area contributed by atoms with E-state index in [-0.39, 0.29) is 12.6 Å². The van der Waals surface area contributed by atoms with Crippen molar-refractivity contribution in [2.45, 2.75) is 51.0 Å². The number of nitrogens with zero attached hydrogens (tertiary/aromatic N) is 2. The lowest BCUT2D eigenvalue weighted by atomic mass is 9.96. The maximum atomic E-state index is 12.6. The average Bonchev–Trinajstić information content (AvgIpc) is 2.89. The molecule has 19 heavy (non-hydrogen) atoms. The van der Waals surface area contributed by atoms with E-state index in [4.69, 9.17) is 5.11 Å². The van der Waals surface area contributed by atoms with Gasteiger partial charge in [0.05, 0.1) is 0 Å². The van der Waals surface area contributed by atoms with Gasteiger partial charge in [0.25, 0.3) is 10.2 Å². The molecule has 0 aromatic carbocycles. The molecule has 1 N–H and O–H groups in total. The Morgan fingerprint density at radius 2 is 1.89 bits per heavy atom. The second-order valence-corrected chi connectivity index (χ2v) is 7.83. The topological polar surface area (TPSA) is 60.9 Å². The molecule has 1 saturated carbocycles. The molecule has 2 rings (SSSR count). The maximum absolute atomic E-state index is 12.6. The van der Waals surface area contributed by atoms with Crippen LogP contribution in [0.5, 0.6) is 0 Å². The van der Waals surface area contributed by atoms with Crippen LogP contribution in [0.15, 0.2) is 0 Å². The SMILES string of the molecule is CN(C1CCCCC1)S(=O)(=O)N1CCC(CCO)C1. The molecular formula is C13H26N2O3S. The summed E-state index contributed by atoms with van der Waals surface area (Å²) < 4.78 is 28.3. The van der Waals surface area contributed by atoms with Gasteiger partial charge < -0.3 is 5.11 Å². The Kier molecular flexibility index (Phi) is 5.22. The molecule has 112 valence electrons. The average molecular weight is 290 g/mol. The largest absolute Gasteiger partial charge is 0.396 e. The fraction of sp³-hybridized carbons (Fsp3) is 1.00. The first kappa shape index (κ1) is 15.2. The second kappa shape index (κ2) is 6.52. The standard InChI is InChI=1S/C13H26N2O3S/c1-14(13-5-3-2-4-6-13)19(17,18)15-9-7-12(11-15)8-10-16/h12-13,16H,2-11H2,1H3. The van der Waals surface area contributed by atoms with E-state index in [0.29, 0.717) is 25.4 Å². The molecule has 1 saturated heterocycles. The number of hydrogen-bond acceptors (Lipinski definition) is 3. The van der Waals surface area contributed by atoms with Gasteiger partial charge in [-0.1, -0.05) is 19.3 Å². The molecule has 1 unspecified atom stereocenters. The van der Waals surface area contributed by atoms with Gasteiger partial charge in [0, 0.05) is 32.8 Å². The molecule has 5 nitrogen and oxygen atoms in total. The van der Waals surface area contributed by atoms with Gasteiger partial charge in [-0.05, 0) is 31.6 Å². The molecule has 6 heteroatoms. The Hall–Kier alpha value is -0.170. The highest BCUT2D eigenvalue weighted by Gasteiger charge is 2.36. The van der Waals surface area contributed by atoms with Gasteiger partial charge in [0.1, 0.15) is 0 Å². The molecule has 1 heterocycles. The lowest BCUT2D eigenvalue weighted by Crippen LogP contribution is -2.46. The van der Waals surface area contributed by atoms with Crippen LogP contribution >= 0.6 is 0 Å². The third-order valence-electron chi connectivity index (χ3n) is 4.57. The van der Waals surface area contributed by atoms with Gasteiger partial charge >= 0.3 is 0 Å². The van der Waals surface area contributed by atoms with Crippen molar-refractivity contribution in [3.05, 3.63) is 0 Å². The van der Waals surface area contributed by atoms with E-state index >= 15 is 0 Å². The number of aliphatic hydroxyl groups excluding tert-OH is 1. The summed E-state index contributed by atoms with van der Waals surface area (Å²) in [5.74, 6) is 0.319. The predicted molar refractivity (Wildman–Crippen MR) is 74.9 cm³/mol. The first-order valence-electron chi connectivity index (χ1n) is 7.39. The molecule has 0 radical (unpaired) electrons. The summed E-state index contributed by atoms with van der Waals surface area (Å²) in [5, 5.41) is 8.95. The molecule has 0 spiro atoms. The molecule has 0 aromatic rings. The summed E-state index contributed by atoms with van der Waals surface area (Å²) in [6.45, 7) is 1.32. The van der Waals surface area contributed by atoms with E-state index in [1.54, 1.807) is 15.7 Å². The predicted octanol–water partition coefficient (Wildman–Crippen LogP) is 1.20. The van der Waals surface area contributed by atoms with Gasteiger partial charge in [-0.25, -0.2) is 0 Å². The lowest BCUT2D eigenvalue weighted by Gasteiger charge is -2.33. The van der Waals surface area contributed by atoms with Gasteiger partial charge in [0.2, 0.25) is 0 Å². The van der Waals surface area contributed by atoms with Crippen LogP contribution in [0, 0.1) is 5.92 Å². The second-order valence-electron chi connectivity index (χ2n) is 5.84. The van der Waals surface area contributed by atoms with Crippen molar-refractivity contribution < 1.29 is 13.5 Å². The van der Waals surface area contributed by atoms with Crippen molar-refractivity contribution in [3.8, 4) is 0 Å². The van der Waals surface area contributed by atoms with E-state index in [9.17, 15) is 8.42 Å². The minimum absolute atomic E-state index is 0.150. The van der Waals surface area contributed by atoms with Gasteiger partial charge in [-0.2, -0.15) is 17.0 Å². The van der Waals surface area contributed by atoms with Crippen molar-refractivity contribution in [1.82, 2.24) is 8.61 Å². The van der Waals surface area contributed by atoms with Crippen LogP contribution < -0.4 is 0 Å². The minimum Gasteiger partial charge on any atom is -0.396 e. The summed E-state index contributed by atoms with van der Waals surface area (Å²) >= 11 is 0. The van der Waals surface area contributed by atoms with Crippen molar-refractivity contribution in [3.63, 3.8) is 0 Å². The zero-order chi connectivity index (χ0) is 13.9. The fourth-order valence-electron chi connectivity index (χ4n) is 3.24. The number of aliphatic hydroxyl groups is 1. The third kappa shape index (κ3) is 3.48. The first-order chi connectivity index (χ1) is 9.05. The summed E-state index contributed by atoms with van der Waals surface area (Å²) in [7, 11) is -1.58. The Bertz CT molecular complexity index is 379. The summed E-state index contributed by atoms with van der Waals surface area (Å²) in [4.78, 5) is 0. The van der Waals surface area contributed by atoms with E-state index in [1.807, 2.05) is 0 Å². The third-order valence-corrected chi connectivity index (χ3v) is 6.58. The molecule has 1 aliphatic carbocycles. The van der Waals surface area contributed by atoms with Crippen molar-refractivity contribution in [2.75, 3.05) is 26.7 Å². The smallest absolute Gasteiger partial charge is 0.281 e. The van der Waals surface area contributed by atoms with E-state index in [0.717, 1.165) is 32.1 Å². The zero-order valence-electron chi connectivity index (χ0n) is 11.8. The lowest BCUT2D eigenvalue weighted by molar-refractivity contribution is 0.253. The molecule has 1 atom stereocenters. The molecule has 1 aliphatic heterocycles. The minimum atomic E-state index is -3.30. The highest BCUT2D eigenvalue weighted by Crippen LogP contribution is 2.28. The highest BCUT2D eigenvalue weighted by atomic mass is 32.2. The number of hydrogen-bond donors (Lipinski definition) is 1. The molecule has 2 aliphatic rings. The van der Waals surface area contributed by atoms with Crippen LogP contribution in [0.1, 0.15) is 44.9 Å². The molecule has 2 fully saturated rings. The van der Waals surface area contributed by atoms with Crippen LogP contribution in [0.25, 0.3) is 0 Å². The summed E-state index contributed by atoms with van der Waals surface area (Å²) in [5.41, 5.74) is 0. The zero-order valence-corrected chi connectivity index (χ0v) is 12.6. The summed E-state index contributed by atoms with van der Waals surface area (Å²) in [6.07, 6.45) is 7.06. The van der Waals surface area contributed by atoms with Gasteiger partial charge in [0.15, 0.2) is 0 Å². The Morgan fingerprint density at radius 1 is 1.21 bits per heavy atom. The maximum Gasteiger partial charge on any atom is 0.281 e. The normalized spacial score (nSPS) is 27.2. The van der Waals surface area contributed by atoms with E-state index in [2.05, 4.69) is 0 Å². The van der Waals surface area contributed by atoms with Crippen LogP contribution in [0.3, 0.4) is 0 Å².